The van der Waals surface area contributed by atoms with Crippen LogP contribution in [-0.2, 0) is 11.3 Å². The number of aliphatic hydroxyl groups excluding tert-OH is 1. The molecular weight excluding hydrogens is 440 g/mol. The fourth-order valence-electron chi connectivity index (χ4n) is 4.76. The maximum atomic E-state index is 10.9. The molecule has 1 atom stereocenters. The maximum absolute atomic E-state index is 10.9. The first-order valence-electron chi connectivity index (χ1n) is 12.7. The summed E-state index contributed by atoms with van der Waals surface area (Å²) in [5.74, 6) is 1.54. The third-order valence-corrected chi connectivity index (χ3v) is 6.78. The minimum absolute atomic E-state index is 0.403. The van der Waals surface area contributed by atoms with Gasteiger partial charge in [-0.2, -0.15) is 5.10 Å². The Labute approximate surface area is 207 Å². The molecule has 1 aliphatic heterocycles. The molecule has 1 saturated carbocycles. The van der Waals surface area contributed by atoms with E-state index in [1.54, 1.807) is 0 Å². The average molecular weight is 477 g/mol. The number of aryl methyl sites for hydroxylation is 2. The zero-order valence-corrected chi connectivity index (χ0v) is 20.8. The molecule has 186 valence electrons. The van der Waals surface area contributed by atoms with Gasteiger partial charge in [0.2, 0.25) is 5.88 Å². The van der Waals surface area contributed by atoms with Crippen molar-refractivity contribution in [3.8, 4) is 17.3 Å². The molecule has 1 saturated heterocycles. The summed E-state index contributed by atoms with van der Waals surface area (Å²) in [4.78, 5) is 4.71. The van der Waals surface area contributed by atoms with Crippen LogP contribution in [0.3, 0.4) is 0 Å². The van der Waals surface area contributed by atoms with Crippen molar-refractivity contribution in [1.82, 2.24) is 19.6 Å². The monoisotopic (exact) mass is 476 g/mol. The number of benzene rings is 2. The summed E-state index contributed by atoms with van der Waals surface area (Å²) < 4.78 is 13.9. The highest BCUT2D eigenvalue weighted by atomic mass is 16.5. The first-order valence-corrected chi connectivity index (χ1v) is 12.7. The number of aromatic nitrogens is 2. The van der Waals surface area contributed by atoms with Gasteiger partial charge in [0.15, 0.2) is 0 Å². The van der Waals surface area contributed by atoms with Crippen LogP contribution < -0.4 is 4.74 Å². The van der Waals surface area contributed by atoms with Crippen molar-refractivity contribution in [2.75, 3.05) is 39.4 Å². The fourth-order valence-corrected chi connectivity index (χ4v) is 4.76. The molecule has 35 heavy (non-hydrogen) atoms. The SMILES string of the molecule is Cc1cccc(Oc2c(CN(C[C@@H](O)CN3CCOCC3)C3CC3)c(C)nn2-c2ccccc2)c1. The van der Waals surface area contributed by atoms with Crippen LogP contribution in [0.25, 0.3) is 5.69 Å². The van der Waals surface area contributed by atoms with Crippen LogP contribution in [-0.4, -0.2) is 76.2 Å². The lowest BCUT2D eigenvalue weighted by Crippen LogP contribution is -2.45. The number of nitrogens with zero attached hydrogens (tertiary/aromatic N) is 4. The van der Waals surface area contributed by atoms with Crippen molar-refractivity contribution in [3.05, 3.63) is 71.4 Å². The molecule has 0 spiro atoms. The molecular formula is C28H36N4O3. The molecule has 1 aromatic heterocycles. The van der Waals surface area contributed by atoms with E-state index in [1.165, 1.54) is 12.8 Å². The lowest BCUT2D eigenvalue weighted by atomic mass is 10.2. The van der Waals surface area contributed by atoms with Crippen LogP contribution in [0.4, 0.5) is 0 Å². The normalized spacial score (nSPS) is 17.6. The molecule has 7 heteroatoms. The van der Waals surface area contributed by atoms with Crippen molar-refractivity contribution in [2.45, 2.75) is 45.4 Å². The zero-order valence-electron chi connectivity index (χ0n) is 20.8. The molecule has 0 radical (unpaired) electrons. The van der Waals surface area contributed by atoms with Crippen molar-refractivity contribution >= 4 is 0 Å². The van der Waals surface area contributed by atoms with Gasteiger partial charge in [-0.1, -0.05) is 30.3 Å². The molecule has 2 aromatic carbocycles. The van der Waals surface area contributed by atoms with Crippen LogP contribution in [0.15, 0.2) is 54.6 Å². The lowest BCUT2D eigenvalue weighted by molar-refractivity contribution is 0.00545. The Kier molecular flexibility index (Phi) is 7.48. The minimum Gasteiger partial charge on any atom is -0.439 e. The molecule has 0 amide bonds. The Bertz CT molecular complexity index is 1110. The van der Waals surface area contributed by atoms with Gasteiger partial charge >= 0.3 is 0 Å². The van der Waals surface area contributed by atoms with E-state index < -0.39 is 6.10 Å². The molecule has 2 fully saturated rings. The van der Waals surface area contributed by atoms with Crippen LogP contribution in [0.2, 0.25) is 0 Å². The molecule has 2 heterocycles. The minimum atomic E-state index is -0.403. The predicted molar refractivity (Wildman–Crippen MR) is 136 cm³/mol. The van der Waals surface area contributed by atoms with Gasteiger partial charge in [-0.05, 0) is 56.5 Å². The van der Waals surface area contributed by atoms with E-state index in [0.29, 0.717) is 25.7 Å². The Morgan fingerprint density at radius 2 is 1.86 bits per heavy atom. The Morgan fingerprint density at radius 1 is 1.09 bits per heavy atom. The second-order valence-electron chi connectivity index (χ2n) is 9.76. The third-order valence-electron chi connectivity index (χ3n) is 6.78. The van der Waals surface area contributed by atoms with Crippen LogP contribution in [0.5, 0.6) is 11.6 Å². The number of rotatable bonds is 10. The molecule has 1 N–H and O–H groups in total. The molecule has 0 unspecified atom stereocenters. The van der Waals surface area contributed by atoms with Crippen molar-refractivity contribution < 1.29 is 14.6 Å². The number of morpholine rings is 1. The van der Waals surface area contributed by atoms with Crippen molar-refractivity contribution in [1.29, 1.82) is 0 Å². The molecule has 3 aromatic rings. The molecule has 7 nitrogen and oxygen atoms in total. The zero-order chi connectivity index (χ0) is 24.2. The van der Waals surface area contributed by atoms with E-state index in [0.717, 1.165) is 60.4 Å². The predicted octanol–water partition coefficient (Wildman–Crippen LogP) is 3.94. The van der Waals surface area contributed by atoms with Crippen molar-refractivity contribution in [3.63, 3.8) is 0 Å². The number of β-amino-alcohol motifs (C(OH)–C–C–N with tert-alkyl or cyclic N) is 1. The maximum Gasteiger partial charge on any atom is 0.227 e. The first kappa shape index (κ1) is 24.0. The van der Waals surface area contributed by atoms with Crippen molar-refractivity contribution in [2.24, 2.45) is 0 Å². The van der Waals surface area contributed by atoms with Crippen LogP contribution in [0.1, 0.15) is 29.7 Å². The standard InChI is InChI=1S/C28H36N4O3/c1-21-7-6-10-26(17-21)35-28-27(22(2)29-32(28)24-8-4-3-5-9-24)20-31(23-11-12-23)19-25(33)18-30-13-15-34-16-14-30/h3-10,17,23,25,33H,11-16,18-20H2,1-2H3/t25-/m0/s1. The molecule has 5 rings (SSSR count). The summed E-state index contributed by atoms with van der Waals surface area (Å²) in [6.07, 6.45) is 1.94. The molecule has 0 bridgehead atoms. The van der Waals surface area contributed by atoms with E-state index in [-0.39, 0.29) is 0 Å². The highest BCUT2D eigenvalue weighted by Gasteiger charge is 2.33. The van der Waals surface area contributed by atoms with E-state index in [2.05, 4.69) is 22.8 Å². The van der Waals surface area contributed by atoms with Gasteiger partial charge in [-0.3, -0.25) is 9.80 Å². The topological polar surface area (TPSA) is 63.0 Å². The van der Waals surface area contributed by atoms with Gasteiger partial charge in [0.1, 0.15) is 5.75 Å². The number of aliphatic hydroxyl groups is 1. The summed E-state index contributed by atoms with van der Waals surface area (Å²) >= 11 is 0. The van der Waals surface area contributed by atoms with E-state index in [1.807, 2.05) is 60.1 Å². The van der Waals surface area contributed by atoms with Gasteiger partial charge in [-0.15, -0.1) is 0 Å². The van der Waals surface area contributed by atoms with Crippen LogP contribution in [0, 0.1) is 13.8 Å². The fraction of sp³-hybridized carbons (Fsp3) is 0.464. The third kappa shape index (κ3) is 6.11. The smallest absolute Gasteiger partial charge is 0.227 e. The molecule has 2 aliphatic rings. The Balaban J connectivity index is 1.40. The lowest BCUT2D eigenvalue weighted by Gasteiger charge is -2.31. The number of ether oxygens (including phenoxy) is 2. The number of para-hydroxylation sites is 1. The molecule has 1 aliphatic carbocycles. The summed E-state index contributed by atoms with van der Waals surface area (Å²) in [6.45, 7) is 9.41. The van der Waals surface area contributed by atoms with E-state index >= 15 is 0 Å². The van der Waals surface area contributed by atoms with Gasteiger partial charge in [0, 0.05) is 38.8 Å². The van der Waals surface area contributed by atoms with E-state index in [9.17, 15) is 5.11 Å². The summed E-state index contributed by atoms with van der Waals surface area (Å²) in [5.41, 5.74) is 4.14. The van der Waals surface area contributed by atoms with Crippen LogP contribution >= 0.6 is 0 Å². The largest absolute Gasteiger partial charge is 0.439 e. The number of hydrogen-bond donors (Lipinski definition) is 1. The summed E-state index contributed by atoms with van der Waals surface area (Å²) in [5, 5.41) is 15.8. The number of hydrogen-bond acceptors (Lipinski definition) is 6. The average Bonchev–Trinajstić information content (AvgIpc) is 3.66. The van der Waals surface area contributed by atoms with Gasteiger partial charge < -0.3 is 14.6 Å². The quantitative estimate of drug-likeness (QED) is 0.478. The second-order valence-corrected chi connectivity index (χ2v) is 9.76. The van der Waals surface area contributed by atoms with Gasteiger partial charge in [0.25, 0.3) is 0 Å². The van der Waals surface area contributed by atoms with Gasteiger partial charge in [-0.25, -0.2) is 4.68 Å². The highest BCUT2D eigenvalue weighted by molar-refractivity contribution is 5.43. The van der Waals surface area contributed by atoms with Gasteiger partial charge in [0.05, 0.1) is 36.3 Å². The highest BCUT2D eigenvalue weighted by Crippen LogP contribution is 2.35. The summed E-state index contributed by atoms with van der Waals surface area (Å²) in [6, 6.07) is 18.7. The Morgan fingerprint density at radius 3 is 2.57 bits per heavy atom. The van der Waals surface area contributed by atoms with E-state index in [4.69, 9.17) is 14.6 Å². The Hall–Kier alpha value is -2.71. The second kappa shape index (κ2) is 10.9. The summed E-state index contributed by atoms with van der Waals surface area (Å²) in [7, 11) is 0. The first-order chi connectivity index (χ1) is 17.1.